The molecule has 0 aliphatic carbocycles. The van der Waals surface area contributed by atoms with Crippen LogP contribution in [-0.2, 0) is 4.79 Å². The molecule has 2 aliphatic rings. The van der Waals surface area contributed by atoms with Crippen molar-refractivity contribution < 1.29 is 9.53 Å². The van der Waals surface area contributed by atoms with Gasteiger partial charge in [0, 0.05) is 5.56 Å². The molecule has 0 aromatic heterocycles. The Labute approximate surface area is 122 Å². The number of anilines is 1. The second-order valence-corrected chi connectivity index (χ2v) is 4.88. The molecule has 2 aromatic carbocycles. The van der Waals surface area contributed by atoms with Crippen molar-refractivity contribution in [3.63, 3.8) is 0 Å². The standard InChI is InChI=1S/C17H12N2O2/c20-17-14-10-12-6-4-5-9-16(12)21-11-15(14)18-19(17)13-7-2-1-3-8-13/h1-10H,11H2. The predicted molar refractivity (Wildman–Crippen MR) is 81.3 cm³/mol. The third-order valence-corrected chi connectivity index (χ3v) is 3.54. The first-order chi connectivity index (χ1) is 10.3. The Kier molecular flexibility index (Phi) is 2.60. The average molecular weight is 276 g/mol. The molecule has 0 unspecified atom stereocenters. The van der Waals surface area contributed by atoms with E-state index < -0.39 is 0 Å². The molecule has 4 rings (SSSR count). The van der Waals surface area contributed by atoms with Gasteiger partial charge in [0.2, 0.25) is 0 Å². The topological polar surface area (TPSA) is 41.9 Å². The van der Waals surface area contributed by atoms with Gasteiger partial charge in [-0.2, -0.15) is 10.1 Å². The zero-order valence-corrected chi connectivity index (χ0v) is 11.2. The van der Waals surface area contributed by atoms with Gasteiger partial charge in [-0.15, -0.1) is 0 Å². The minimum Gasteiger partial charge on any atom is -0.487 e. The Morgan fingerprint density at radius 1 is 1.00 bits per heavy atom. The summed E-state index contributed by atoms with van der Waals surface area (Å²) in [6, 6.07) is 17.1. The summed E-state index contributed by atoms with van der Waals surface area (Å²) >= 11 is 0. The molecule has 0 atom stereocenters. The van der Waals surface area contributed by atoms with Crippen LogP contribution in [0.5, 0.6) is 5.75 Å². The first-order valence-corrected chi connectivity index (χ1v) is 6.74. The summed E-state index contributed by atoms with van der Waals surface area (Å²) in [7, 11) is 0. The first-order valence-electron chi connectivity index (χ1n) is 6.74. The van der Waals surface area contributed by atoms with Crippen LogP contribution in [0.4, 0.5) is 5.69 Å². The van der Waals surface area contributed by atoms with Gasteiger partial charge in [0.1, 0.15) is 18.1 Å². The highest BCUT2D eigenvalue weighted by Gasteiger charge is 2.32. The second-order valence-electron chi connectivity index (χ2n) is 4.88. The van der Waals surface area contributed by atoms with Gasteiger partial charge < -0.3 is 4.74 Å². The third-order valence-electron chi connectivity index (χ3n) is 3.54. The highest BCUT2D eigenvalue weighted by molar-refractivity contribution is 6.33. The lowest BCUT2D eigenvalue weighted by Gasteiger charge is -2.11. The molecule has 2 aliphatic heterocycles. The summed E-state index contributed by atoms with van der Waals surface area (Å²) in [6.45, 7) is 0.303. The van der Waals surface area contributed by atoms with Crippen LogP contribution in [-0.4, -0.2) is 18.2 Å². The molecule has 0 bridgehead atoms. The number of hydrazone groups is 1. The first kappa shape index (κ1) is 11.9. The van der Waals surface area contributed by atoms with Crippen LogP contribution in [0.2, 0.25) is 0 Å². The van der Waals surface area contributed by atoms with Crippen molar-refractivity contribution in [1.29, 1.82) is 0 Å². The molecule has 0 fully saturated rings. The SMILES string of the molecule is O=C1C2=Cc3ccccc3OCC2=NN1c1ccccc1. The van der Waals surface area contributed by atoms with Crippen molar-refractivity contribution in [1.82, 2.24) is 0 Å². The van der Waals surface area contributed by atoms with E-state index in [2.05, 4.69) is 5.10 Å². The van der Waals surface area contributed by atoms with Crippen LogP contribution >= 0.6 is 0 Å². The van der Waals surface area contributed by atoms with E-state index in [0.29, 0.717) is 17.9 Å². The van der Waals surface area contributed by atoms with Crippen LogP contribution < -0.4 is 9.75 Å². The van der Waals surface area contributed by atoms with Crippen molar-refractivity contribution in [2.45, 2.75) is 0 Å². The maximum absolute atomic E-state index is 12.6. The van der Waals surface area contributed by atoms with E-state index in [-0.39, 0.29) is 5.91 Å². The smallest absolute Gasteiger partial charge is 0.280 e. The van der Waals surface area contributed by atoms with Gasteiger partial charge in [0.15, 0.2) is 0 Å². The highest BCUT2D eigenvalue weighted by atomic mass is 16.5. The molecule has 4 heteroatoms. The molecule has 0 saturated carbocycles. The summed E-state index contributed by atoms with van der Waals surface area (Å²) in [5, 5.41) is 5.84. The Balaban J connectivity index is 1.78. The van der Waals surface area contributed by atoms with Gasteiger partial charge in [-0.05, 0) is 24.3 Å². The largest absolute Gasteiger partial charge is 0.487 e. The van der Waals surface area contributed by atoms with Gasteiger partial charge in [0.05, 0.1) is 11.3 Å². The molecule has 102 valence electrons. The second kappa shape index (κ2) is 4.59. The van der Waals surface area contributed by atoms with E-state index in [9.17, 15) is 4.79 Å². The number of hydrogen-bond acceptors (Lipinski definition) is 3. The minimum absolute atomic E-state index is 0.114. The quantitative estimate of drug-likeness (QED) is 0.803. The highest BCUT2D eigenvalue weighted by Crippen LogP contribution is 2.30. The number of nitrogens with zero attached hydrogens (tertiary/aromatic N) is 2. The summed E-state index contributed by atoms with van der Waals surface area (Å²) in [4.78, 5) is 12.6. The Morgan fingerprint density at radius 2 is 1.76 bits per heavy atom. The normalized spacial score (nSPS) is 16.4. The number of hydrogen-bond donors (Lipinski definition) is 0. The molecular weight excluding hydrogens is 264 g/mol. The van der Waals surface area contributed by atoms with Crippen molar-refractivity contribution in [3.05, 3.63) is 65.7 Å². The van der Waals surface area contributed by atoms with Gasteiger partial charge in [-0.25, -0.2) is 0 Å². The Hall–Kier alpha value is -2.88. The van der Waals surface area contributed by atoms with Crippen molar-refractivity contribution in [3.8, 4) is 5.75 Å². The maximum atomic E-state index is 12.6. The van der Waals surface area contributed by atoms with Crippen LogP contribution in [0, 0.1) is 0 Å². The number of carbonyl (C=O) groups excluding carboxylic acids is 1. The van der Waals surface area contributed by atoms with Crippen molar-refractivity contribution in [2.75, 3.05) is 11.6 Å². The third kappa shape index (κ3) is 1.92. The lowest BCUT2D eigenvalue weighted by atomic mass is 10.1. The van der Waals surface area contributed by atoms with Gasteiger partial charge in [-0.3, -0.25) is 4.79 Å². The fraction of sp³-hybridized carbons (Fsp3) is 0.0588. The monoisotopic (exact) mass is 276 g/mol. The summed E-state index contributed by atoms with van der Waals surface area (Å²) in [5.74, 6) is 0.665. The summed E-state index contributed by atoms with van der Waals surface area (Å²) in [5.41, 5.74) is 2.93. The average Bonchev–Trinajstić information content (AvgIpc) is 2.73. The van der Waals surface area contributed by atoms with Crippen molar-refractivity contribution >= 4 is 23.4 Å². The van der Waals surface area contributed by atoms with Gasteiger partial charge >= 0.3 is 0 Å². The molecule has 4 nitrogen and oxygen atoms in total. The Morgan fingerprint density at radius 3 is 2.62 bits per heavy atom. The molecule has 0 spiro atoms. The van der Waals surface area contributed by atoms with Crippen LogP contribution in [0.1, 0.15) is 5.56 Å². The van der Waals surface area contributed by atoms with E-state index >= 15 is 0 Å². The molecule has 0 radical (unpaired) electrons. The van der Waals surface area contributed by atoms with E-state index in [1.807, 2.05) is 60.7 Å². The summed E-state index contributed by atoms with van der Waals surface area (Å²) in [6.07, 6.45) is 1.85. The fourth-order valence-electron chi connectivity index (χ4n) is 2.49. The predicted octanol–water partition coefficient (Wildman–Crippen LogP) is 2.87. The zero-order chi connectivity index (χ0) is 14.2. The summed E-state index contributed by atoms with van der Waals surface area (Å²) < 4.78 is 5.73. The van der Waals surface area contributed by atoms with Gasteiger partial charge in [0.25, 0.3) is 5.91 Å². The zero-order valence-electron chi connectivity index (χ0n) is 11.2. The molecule has 1 amide bonds. The molecular formula is C17H12N2O2. The number of rotatable bonds is 1. The van der Waals surface area contributed by atoms with Crippen LogP contribution in [0.3, 0.4) is 0 Å². The van der Waals surface area contributed by atoms with Gasteiger partial charge in [-0.1, -0.05) is 36.4 Å². The van der Waals surface area contributed by atoms with E-state index in [1.165, 1.54) is 5.01 Å². The molecule has 2 aromatic rings. The number of ether oxygens (including phenoxy) is 1. The number of carbonyl (C=O) groups is 1. The minimum atomic E-state index is -0.114. The molecule has 0 N–H and O–H groups in total. The lowest BCUT2D eigenvalue weighted by Crippen LogP contribution is -2.21. The van der Waals surface area contributed by atoms with Crippen LogP contribution in [0.25, 0.3) is 6.08 Å². The van der Waals surface area contributed by atoms with E-state index in [4.69, 9.17) is 4.74 Å². The molecule has 21 heavy (non-hydrogen) atoms. The molecule has 2 heterocycles. The van der Waals surface area contributed by atoms with Crippen molar-refractivity contribution in [2.24, 2.45) is 5.10 Å². The molecule has 0 saturated heterocycles. The number of para-hydroxylation sites is 2. The number of fused-ring (bicyclic) bond motifs is 2. The van der Waals surface area contributed by atoms with E-state index in [0.717, 1.165) is 17.0 Å². The Bertz CT molecular complexity index is 778. The maximum Gasteiger partial charge on any atom is 0.280 e. The van der Waals surface area contributed by atoms with Crippen LogP contribution in [0.15, 0.2) is 65.3 Å². The fourth-order valence-corrected chi connectivity index (χ4v) is 2.49. The number of amides is 1. The van der Waals surface area contributed by atoms with E-state index in [1.54, 1.807) is 0 Å². The number of benzene rings is 2. The lowest BCUT2D eigenvalue weighted by molar-refractivity contribution is -0.114.